The number of rotatable bonds is 5. The smallest absolute Gasteiger partial charge is 0.0558 e. The molecule has 1 saturated carbocycles. The lowest BCUT2D eigenvalue weighted by molar-refractivity contribution is 0.0785. The molecular formula is C13H28N2O. The summed E-state index contributed by atoms with van der Waals surface area (Å²) in [6.45, 7) is 6.83. The van der Waals surface area contributed by atoms with Gasteiger partial charge in [-0.1, -0.05) is 13.8 Å². The minimum Gasteiger partial charge on any atom is -0.382 e. The third kappa shape index (κ3) is 4.04. The first-order valence-corrected chi connectivity index (χ1v) is 6.55. The van der Waals surface area contributed by atoms with Crippen LogP contribution in [0.25, 0.3) is 0 Å². The zero-order chi connectivity index (χ0) is 12.1. The summed E-state index contributed by atoms with van der Waals surface area (Å²) in [5, 5.41) is 0. The molecular weight excluding hydrogens is 200 g/mol. The molecule has 0 heterocycles. The molecule has 0 aromatic rings. The second-order valence-corrected chi connectivity index (χ2v) is 5.73. The normalized spacial score (nSPS) is 34.7. The monoisotopic (exact) mass is 228 g/mol. The van der Waals surface area contributed by atoms with E-state index in [1.807, 2.05) is 0 Å². The molecule has 3 nitrogen and oxygen atoms in total. The lowest BCUT2D eigenvalue weighted by Gasteiger charge is -2.37. The fourth-order valence-electron chi connectivity index (χ4n) is 3.19. The van der Waals surface area contributed by atoms with Gasteiger partial charge in [-0.05, 0) is 50.4 Å². The van der Waals surface area contributed by atoms with Gasteiger partial charge in [0, 0.05) is 13.2 Å². The Labute approximate surface area is 100 Å². The van der Waals surface area contributed by atoms with E-state index in [-0.39, 0.29) is 6.10 Å². The number of methoxy groups -OCH3 is 1. The lowest BCUT2D eigenvalue weighted by Crippen LogP contribution is -2.45. The van der Waals surface area contributed by atoms with Crippen molar-refractivity contribution in [3.8, 4) is 0 Å². The van der Waals surface area contributed by atoms with Crippen LogP contribution >= 0.6 is 0 Å². The maximum atomic E-state index is 5.69. The molecule has 0 radical (unpaired) electrons. The van der Waals surface area contributed by atoms with E-state index in [2.05, 4.69) is 26.2 Å². The highest BCUT2D eigenvalue weighted by molar-refractivity contribution is 4.83. The van der Waals surface area contributed by atoms with Crippen molar-refractivity contribution in [3.63, 3.8) is 0 Å². The fourth-order valence-corrected chi connectivity index (χ4v) is 3.19. The summed E-state index contributed by atoms with van der Waals surface area (Å²) in [5.74, 6) is 8.07. The number of ether oxygens (including phenoxy) is 1. The van der Waals surface area contributed by atoms with E-state index >= 15 is 0 Å². The summed E-state index contributed by atoms with van der Waals surface area (Å²) >= 11 is 0. The van der Waals surface area contributed by atoms with Crippen LogP contribution in [0, 0.1) is 17.8 Å². The molecule has 0 aromatic carbocycles. The Morgan fingerprint density at radius 1 is 1.25 bits per heavy atom. The second kappa shape index (κ2) is 6.58. The Morgan fingerprint density at radius 3 is 2.25 bits per heavy atom. The number of hydrogen-bond donors (Lipinski definition) is 2. The van der Waals surface area contributed by atoms with Gasteiger partial charge in [-0.25, -0.2) is 0 Å². The van der Waals surface area contributed by atoms with Gasteiger partial charge in [-0.2, -0.15) is 0 Å². The van der Waals surface area contributed by atoms with Crippen LogP contribution in [0.5, 0.6) is 0 Å². The van der Waals surface area contributed by atoms with E-state index in [1.165, 1.54) is 19.3 Å². The first-order valence-electron chi connectivity index (χ1n) is 6.55. The van der Waals surface area contributed by atoms with E-state index in [9.17, 15) is 0 Å². The Morgan fingerprint density at radius 2 is 1.81 bits per heavy atom. The van der Waals surface area contributed by atoms with E-state index < -0.39 is 0 Å². The maximum Gasteiger partial charge on any atom is 0.0558 e. The van der Waals surface area contributed by atoms with Crippen LogP contribution in [0.1, 0.15) is 46.5 Å². The number of nitrogens with two attached hydrogens (primary N) is 1. The number of hydrazine groups is 1. The van der Waals surface area contributed by atoms with Gasteiger partial charge in [0.25, 0.3) is 0 Å². The van der Waals surface area contributed by atoms with E-state index in [4.69, 9.17) is 10.6 Å². The van der Waals surface area contributed by atoms with Crippen LogP contribution in [0.15, 0.2) is 0 Å². The van der Waals surface area contributed by atoms with Crippen molar-refractivity contribution in [2.75, 3.05) is 7.11 Å². The third-order valence-electron chi connectivity index (χ3n) is 3.99. The van der Waals surface area contributed by atoms with Gasteiger partial charge in [0.15, 0.2) is 0 Å². The van der Waals surface area contributed by atoms with Crippen molar-refractivity contribution in [2.24, 2.45) is 23.6 Å². The van der Waals surface area contributed by atoms with Crippen molar-refractivity contribution < 1.29 is 4.74 Å². The molecule has 96 valence electrons. The molecule has 1 rings (SSSR count). The van der Waals surface area contributed by atoms with Crippen molar-refractivity contribution in [1.29, 1.82) is 0 Å². The standard InChI is InChI=1S/C13H28N2O/c1-9-5-10(2)7-12(6-9)13(15-14)8-11(3)16-4/h9-13,15H,5-8,14H2,1-4H3. The summed E-state index contributed by atoms with van der Waals surface area (Å²) in [4.78, 5) is 0. The van der Waals surface area contributed by atoms with Crippen LogP contribution in [0.4, 0.5) is 0 Å². The molecule has 1 fully saturated rings. The molecule has 0 aliphatic heterocycles. The molecule has 4 atom stereocenters. The molecule has 0 amide bonds. The Balaban J connectivity index is 2.50. The van der Waals surface area contributed by atoms with Crippen molar-refractivity contribution in [1.82, 2.24) is 5.43 Å². The first-order chi connectivity index (χ1) is 7.56. The SMILES string of the molecule is COC(C)CC(NN)C1CC(C)CC(C)C1. The number of nitrogens with one attached hydrogen (secondary N) is 1. The summed E-state index contributed by atoms with van der Waals surface area (Å²) in [5.41, 5.74) is 3.00. The first kappa shape index (κ1) is 13.9. The average molecular weight is 228 g/mol. The lowest BCUT2D eigenvalue weighted by atomic mass is 9.73. The quantitative estimate of drug-likeness (QED) is 0.561. The highest BCUT2D eigenvalue weighted by Gasteiger charge is 2.30. The maximum absolute atomic E-state index is 5.69. The van der Waals surface area contributed by atoms with Crippen molar-refractivity contribution >= 4 is 0 Å². The topological polar surface area (TPSA) is 47.3 Å². The highest BCUT2D eigenvalue weighted by Crippen LogP contribution is 2.35. The zero-order valence-electron chi connectivity index (χ0n) is 11.2. The molecule has 1 aliphatic carbocycles. The predicted molar refractivity (Wildman–Crippen MR) is 67.9 cm³/mol. The fraction of sp³-hybridized carbons (Fsp3) is 1.00. The van der Waals surface area contributed by atoms with Gasteiger partial charge in [0.2, 0.25) is 0 Å². The van der Waals surface area contributed by atoms with Crippen LogP contribution in [-0.2, 0) is 4.74 Å². The number of hydrogen-bond acceptors (Lipinski definition) is 3. The minimum absolute atomic E-state index is 0.286. The van der Waals surface area contributed by atoms with Crippen LogP contribution in [0.3, 0.4) is 0 Å². The zero-order valence-corrected chi connectivity index (χ0v) is 11.2. The Hall–Kier alpha value is -0.120. The van der Waals surface area contributed by atoms with Gasteiger partial charge in [0.1, 0.15) is 0 Å². The van der Waals surface area contributed by atoms with Crippen molar-refractivity contribution in [2.45, 2.75) is 58.6 Å². The highest BCUT2D eigenvalue weighted by atomic mass is 16.5. The van der Waals surface area contributed by atoms with E-state index in [1.54, 1.807) is 7.11 Å². The molecule has 4 unspecified atom stereocenters. The third-order valence-corrected chi connectivity index (χ3v) is 3.99. The van der Waals surface area contributed by atoms with Crippen LogP contribution in [-0.4, -0.2) is 19.3 Å². The van der Waals surface area contributed by atoms with Gasteiger partial charge in [-0.3, -0.25) is 11.3 Å². The summed E-state index contributed by atoms with van der Waals surface area (Å²) in [6.07, 6.45) is 5.27. The molecule has 0 aromatic heterocycles. The summed E-state index contributed by atoms with van der Waals surface area (Å²) in [7, 11) is 1.77. The second-order valence-electron chi connectivity index (χ2n) is 5.73. The van der Waals surface area contributed by atoms with Crippen LogP contribution in [0.2, 0.25) is 0 Å². The Kier molecular flexibility index (Phi) is 5.73. The van der Waals surface area contributed by atoms with Gasteiger partial charge < -0.3 is 4.74 Å². The molecule has 0 bridgehead atoms. The van der Waals surface area contributed by atoms with E-state index in [0.29, 0.717) is 12.0 Å². The molecule has 3 heteroatoms. The summed E-state index contributed by atoms with van der Waals surface area (Å²) < 4.78 is 5.33. The van der Waals surface area contributed by atoms with E-state index in [0.717, 1.165) is 18.3 Å². The van der Waals surface area contributed by atoms with Crippen LogP contribution < -0.4 is 11.3 Å². The Bertz CT molecular complexity index is 188. The molecule has 0 spiro atoms. The van der Waals surface area contributed by atoms with Gasteiger partial charge in [-0.15, -0.1) is 0 Å². The summed E-state index contributed by atoms with van der Waals surface area (Å²) in [6, 6.07) is 0.403. The van der Waals surface area contributed by atoms with Gasteiger partial charge >= 0.3 is 0 Å². The van der Waals surface area contributed by atoms with Crippen molar-refractivity contribution in [3.05, 3.63) is 0 Å². The van der Waals surface area contributed by atoms with Gasteiger partial charge in [0.05, 0.1) is 6.10 Å². The predicted octanol–water partition coefficient (Wildman–Crippen LogP) is 2.32. The largest absolute Gasteiger partial charge is 0.382 e. The molecule has 0 saturated heterocycles. The molecule has 3 N–H and O–H groups in total. The molecule has 1 aliphatic rings. The minimum atomic E-state index is 0.286. The molecule has 16 heavy (non-hydrogen) atoms. The average Bonchev–Trinajstić information content (AvgIpc) is 2.24.